The number of hydrogen-bond donors (Lipinski definition) is 0. The van der Waals surface area contributed by atoms with E-state index in [2.05, 4.69) is 28.3 Å². The van der Waals surface area contributed by atoms with Crippen molar-refractivity contribution in [2.75, 3.05) is 32.7 Å². The molecule has 3 rings (SSSR count). The molecule has 1 aromatic heterocycles. The van der Waals surface area contributed by atoms with Crippen molar-refractivity contribution in [3.05, 3.63) is 22.4 Å². The SMILES string of the molecule is C[C@@H]1CN=C(N2CCN(C(=O)[C@@H](C)c3ccsc3)CC2)S1. The zero-order valence-corrected chi connectivity index (χ0v) is 14.1. The van der Waals surface area contributed by atoms with Gasteiger partial charge in [-0.1, -0.05) is 18.7 Å². The standard InChI is InChI=1S/C15H21N3OS2/c1-11-9-16-15(21-11)18-6-4-17(5-7-18)14(19)12(2)13-3-8-20-10-13/h3,8,10-12H,4-7,9H2,1-2H3/t11-,12+/m1/s1. The van der Waals surface area contributed by atoms with Gasteiger partial charge in [0.25, 0.3) is 0 Å². The Hall–Kier alpha value is -1.01. The molecule has 1 saturated heterocycles. The number of piperazine rings is 1. The van der Waals surface area contributed by atoms with E-state index in [0.717, 1.165) is 38.3 Å². The Kier molecular flexibility index (Phi) is 4.54. The number of rotatable bonds is 2. The second-order valence-electron chi connectivity index (χ2n) is 5.64. The Morgan fingerprint density at radius 1 is 1.38 bits per heavy atom. The fourth-order valence-corrected chi connectivity index (χ4v) is 4.44. The number of aliphatic imine (C=N–C) groups is 1. The molecule has 1 fully saturated rings. The summed E-state index contributed by atoms with van der Waals surface area (Å²) in [7, 11) is 0. The van der Waals surface area contributed by atoms with Crippen molar-refractivity contribution in [2.24, 2.45) is 4.99 Å². The highest BCUT2D eigenvalue weighted by Crippen LogP contribution is 2.25. The summed E-state index contributed by atoms with van der Waals surface area (Å²) < 4.78 is 0. The molecule has 0 N–H and O–H groups in total. The van der Waals surface area contributed by atoms with Gasteiger partial charge in [-0.15, -0.1) is 0 Å². The van der Waals surface area contributed by atoms with Crippen LogP contribution < -0.4 is 0 Å². The molecule has 2 atom stereocenters. The van der Waals surface area contributed by atoms with Crippen LogP contribution >= 0.6 is 23.1 Å². The smallest absolute Gasteiger partial charge is 0.229 e. The van der Waals surface area contributed by atoms with Gasteiger partial charge in [0.05, 0.1) is 12.5 Å². The first-order valence-corrected chi connectivity index (χ1v) is 9.24. The molecule has 0 radical (unpaired) electrons. The molecular formula is C15H21N3OS2. The first-order chi connectivity index (χ1) is 10.1. The van der Waals surface area contributed by atoms with Gasteiger partial charge in [0.15, 0.2) is 5.17 Å². The maximum Gasteiger partial charge on any atom is 0.229 e. The van der Waals surface area contributed by atoms with Crippen molar-refractivity contribution in [3.8, 4) is 0 Å². The first kappa shape index (κ1) is 14.9. The second-order valence-corrected chi connectivity index (χ2v) is 7.83. The van der Waals surface area contributed by atoms with Crippen molar-refractivity contribution in [1.82, 2.24) is 9.80 Å². The van der Waals surface area contributed by atoms with Crippen LogP contribution in [0, 0.1) is 0 Å². The van der Waals surface area contributed by atoms with E-state index in [0.29, 0.717) is 5.25 Å². The van der Waals surface area contributed by atoms with E-state index in [4.69, 9.17) is 0 Å². The predicted molar refractivity (Wildman–Crippen MR) is 90.2 cm³/mol. The molecule has 1 aromatic rings. The second kappa shape index (κ2) is 6.40. The zero-order valence-electron chi connectivity index (χ0n) is 12.5. The molecule has 0 saturated carbocycles. The Labute approximate surface area is 134 Å². The summed E-state index contributed by atoms with van der Waals surface area (Å²) in [6.45, 7) is 8.57. The topological polar surface area (TPSA) is 35.9 Å². The normalized spacial score (nSPS) is 24.1. The Morgan fingerprint density at radius 3 is 2.71 bits per heavy atom. The minimum atomic E-state index is -0.0268. The Bertz CT molecular complexity index is 521. The van der Waals surface area contributed by atoms with E-state index >= 15 is 0 Å². The molecule has 1 amide bonds. The van der Waals surface area contributed by atoms with Gasteiger partial charge < -0.3 is 9.80 Å². The van der Waals surface area contributed by atoms with Crippen molar-refractivity contribution >= 4 is 34.2 Å². The van der Waals surface area contributed by atoms with E-state index in [1.807, 2.05) is 29.0 Å². The summed E-state index contributed by atoms with van der Waals surface area (Å²) in [5, 5.41) is 5.87. The van der Waals surface area contributed by atoms with Crippen LogP contribution in [0.15, 0.2) is 21.8 Å². The lowest BCUT2D eigenvalue weighted by Gasteiger charge is -2.36. The lowest BCUT2D eigenvalue weighted by molar-refractivity contribution is -0.133. The maximum atomic E-state index is 12.6. The Morgan fingerprint density at radius 2 is 2.14 bits per heavy atom. The van der Waals surface area contributed by atoms with Gasteiger partial charge in [0.1, 0.15) is 0 Å². The van der Waals surface area contributed by atoms with Crippen molar-refractivity contribution in [2.45, 2.75) is 25.0 Å². The van der Waals surface area contributed by atoms with E-state index < -0.39 is 0 Å². The molecule has 0 spiro atoms. The third-order valence-corrected chi connectivity index (χ3v) is 5.92. The van der Waals surface area contributed by atoms with E-state index in [9.17, 15) is 4.79 Å². The summed E-state index contributed by atoms with van der Waals surface area (Å²) >= 11 is 3.51. The van der Waals surface area contributed by atoms with Gasteiger partial charge >= 0.3 is 0 Å². The molecule has 0 aromatic carbocycles. The van der Waals surface area contributed by atoms with Crippen LogP contribution in [0.3, 0.4) is 0 Å². The third kappa shape index (κ3) is 3.26. The van der Waals surface area contributed by atoms with Gasteiger partial charge in [-0.25, -0.2) is 0 Å². The maximum absolute atomic E-state index is 12.6. The van der Waals surface area contributed by atoms with Gasteiger partial charge in [-0.2, -0.15) is 11.3 Å². The summed E-state index contributed by atoms with van der Waals surface area (Å²) in [5.74, 6) is 0.225. The molecule has 2 aliphatic heterocycles. The van der Waals surface area contributed by atoms with Crippen LogP contribution in [0.4, 0.5) is 0 Å². The predicted octanol–water partition coefficient (Wildman–Crippen LogP) is 2.49. The van der Waals surface area contributed by atoms with Gasteiger partial charge in [-0.3, -0.25) is 9.79 Å². The number of carbonyl (C=O) groups is 1. The first-order valence-electron chi connectivity index (χ1n) is 7.42. The monoisotopic (exact) mass is 323 g/mol. The highest BCUT2D eigenvalue weighted by atomic mass is 32.2. The number of hydrogen-bond acceptors (Lipinski definition) is 5. The number of nitrogens with zero attached hydrogens (tertiary/aromatic N) is 3. The molecule has 2 aliphatic rings. The summed E-state index contributed by atoms with van der Waals surface area (Å²) in [6, 6.07) is 2.05. The van der Waals surface area contributed by atoms with Gasteiger partial charge in [0.2, 0.25) is 5.91 Å². The number of carbonyl (C=O) groups excluding carboxylic acids is 1. The minimum Gasteiger partial charge on any atom is -0.348 e. The van der Waals surface area contributed by atoms with Crippen LogP contribution in [0.25, 0.3) is 0 Å². The average molecular weight is 323 g/mol. The molecule has 114 valence electrons. The van der Waals surface area contributed by atoms with Crippen LogP contribution in [-0.2, 0) is 4.79 Å². The lowest BCUT2D eigenvalue weighted by atomic mass is 10.0. The van der Waals surface area contributed by atoms with Gasteiger partial charge in [-0.05, 0) is 29.3 Å². The molecule has 21 heavy (non-hydrogen) atoms. The summed E-state index contributed by atoms with van der Waals surface area (Å²) in [6.07, 6.45) is 0. The molecule has 3 heterocycles. The van der Waals surface area contributed by atoms with Crippen molar-refractivity contribution in [1.29, 1.82) is 0 Å². The molecule has 0 aliphatic carbocycles. The number of amides is 1. The van der Waals surface area contributed by atoms with Crippen molar-refractivity contribution in [3.63, 3.8) is 0 Å². The minimum absolute atomic E-state index is 0.0268. The largest absolute Gasteiger partial charge is 0.348 e. The summed E-state index contributed by atoms with van der Waals surface area (Å²) in [5.41, 5.74) is 1.14. The van der Waals surface area contributed by atoms with Crippen LogP contribution in [0.2, 0.25) is 0 Å². The fraction of sp³-hybridized carbons (Fsp3) is 0.600. The van der Waals surface area contributed by atoms with E-state index in [1.54, 1.807) is 11.3 Å². The van der Waals surface area contributed by atoms with Crippen LogP contribution in [0.1, 0.15) is 25.3 Å². The van der Waals surface area contributed by atoms with E-state index in [1.165, 1.54) is 5.17 Å². The van der Waals surface area contributed by atoms with Crippen LogP contribution in [0.5, 0.6) is 0 Å². The highest BCUT2D eigenvalue weighted by molar-refractivity contribution is 8.14. The molecule has 0 unspecified atom stereocenters. The Balaban J connectivity index is 1.55. The van der Waals surface area contributed by atoms with Gasteiger partial charge in [0, 0.05) is 31.4 Å². The highest BCUT2D eigenvalue weighted by Gasteiger charge is 2.28. The lowest BCUT2D eigenvalue weighted by Crippen LogP contribution is -2.50. The number of amidine groups is 1. The van der Waals surface area contributed by atoms with Crippen molar-refractivity contribution < 1.29 is 4.79 Å². The third-order valence-electron chi connectivity index (χ3n) is 4.07. The fourth-order valence-electron chi connectivity index (χ4n) is 2.69. The number of thioether (sulfide) groups is 1. The summed E-state index contributed by atoms with van der Waals surface area (Å²) in [4.78, 5) is 21.5. The molecule has 6 heteroatoms. The quantitative estimate of drug-likeness (QED) is 0.839. The van der Waals surface area contributed by atoms with E-state index in [-0.39, 0.29) is 11.8 Å². The number of thiophene rings is 1. The zero-order chi connectivity index (χ0) is 14.8. The van der Waals surface area contributed by atoms with Crippen LogP contribution in [-0.4, -0.2) is 58.8 Å². The molecular weight excluding hydrogens is 302 g/mol. The average Bonchev–Trinajstić information content (AvgIpc) is 3.17. The molecule has 4 nitrogen and oxygen atoms in total. The molecule has 0 bridgehead atoms.